The van der Waals surface area contributed by atoms with E-state index < -0.39 is 12.0 Å². The van der Waals surface area contributed by atoms with Gasteiger partial charge in [-0.05, 0) is 19.9 Å². The van der Waals surface area contributed by atoms with Crippen LogP contribution in [0.4, 0.5) is 8.78 Å². The summed E-state index contributed by atoms with van der Waals surface area (Å²) in [5.74, 6) is 0. The van der Waals surface area contributed by atoms with E-state index >= 15 is 0 Å². The summed E-state index contributed by atoms with van der Waals surface area (Å²) in [6.45, 7) is 2.31. The fourth-order valence-corrected chi connectivity index (χ4v) is 1.40. The minimum Gasteiger partial charge on any atom is -0.277 e. The van der Waals surface area contributed by atoms with Crippen LogP contribution in [-0.4, -0.2) is 30.5 Å². The van der Waals surface area contributed by atoms with E-state index in [2.05, 4.69) is 0 Å². The molecule has 0 aromatic heterocycles. The van der Waals surface area contributed by atoms with Gasteiger partial charge in [0.25, 0.3) is 0 Å². The zero-order valence-electron chi connectivity index (χ0n) is 7.11. The van der Waals surface area contributed by atoms with Crippen molar-refractivity contribution in [3.8, 4) is 0 Å². The van der Waals surface area contributed by atoms with Gasteiger partial charge < -0.3 is 0 Å². The molecule has 1 rings (SSSR count). The first kappa shape index (κ1) is 8.91. The zero-order chi connectivity index (χ0) is 8.48. The summed E-state index contributed by atoms with van der Waals surface area (Å²) in [4.78, 5) is 1.56. The summed E-state index contributed by atoms with van der Waals surface area (Å²) in [5, 5.41) is 0. The molecule has 0 saturated carbocycles. The molecular weight excluding hydrogens is 148 g/mol. The maximum atomic E-state index is 13.5. The van der Waals surface area contributed by atoms with E-state index in [1.165, 1.54) is 0 Å². The molecule has 2 unspecified atom stereocenters. The molecule has 0 aromatic rings. The summed E-state index contributed by atoms with van der Waals surface area (Å²) in [6, 6.07) is 0. The molecule has 1 saturated heterocycles. The first-order chi connectivity index (χ1) is 5.07. The second kappa shape index (κ2) is 3.05. The van der Waals surface area contributed by atoms with Crippen molar-refractivity contribution in [3.05, 3.63) is 0 Å². The first-order valence-electron chi connectivity index (χ1n) is 4.10. The lowest BCUT2D eigenvalue weighted by atomic mass is 9.90. The molecule has 1 heterocycles. The van der Waals surface area contributed by atoms with Crippen molar-refractivity contribution >= 4 is 0 Å². The number of alkyl halides is 2. The Morgan fingerprint density at radius 3 is 2.73 bits per heavy atom. The third-order valence-electron chi connectivity index (χ3n) is 2.56. The molecule has 1 nitrogen and oxygen atoms in total. The van der Waals surface area contributed by atoms with E-state index in [4.69, 9.17) is 0 Å². The number of likely N-dealkylation sites (tertiary alicyclic amines) is 1. The third kappa shape index (κ3) is 1.89. The molecule has 0 N–H and O–H groups in total. The van der Waals surface area contributed by atoms with Gasteiger partial charge in [0.1, 0.15) is 5.67 Å². The van der Waals surface area contributed by atoms with E-state index in [0.717, 1.165) is 0 Å². The summed E-state index contributed by atoms with van der Waals surface area (Å²) in [7, 11) is 1.69. The van der Waals surface area contributed by atoms with Crippen LogP contribution in [0.15, 0.2) is 0 Å². The number of hydrogen-bond donors (Lipinski definition) is 0. The van der Waals surface area contributed by atoms with Crippen molar-refractivity contribution in [2.75, 3.05) is 13.6 Å². The quantitative estimate of drug-likeness (QED) is 0.535. The number of hydrogen-bond acceptors (Lipinski definition) is 1. The van der Waals surface area contributed by atoms with Gasteiger partial charge in [-0.2, -0.15) is 0 Å². The van der Waals surface area contributed by atoms with Crippen LogP contribution in [0, 0.1) is 0 Å². The molecule has 0 spiro atoms. The molecular formula is C8H15F2N. The van der Waals surface area contributed by atoms with Crippen LogP contribution in [0.1, 0.15) is 26.2 Å². The number of piperidine rings is 1. The topological polar surface area (TPSA) is 3.24 Å². The average molecular weight is 163 g/mol. The Labute approximate surface area is 66.4 Å². The van der Waals surface area contributed by atoms with Crippen LogP contribution in [-0.2, 0) is 0 Å². The van der Waals surface area contributed by atoms with Gasteiger partial charge in [-0.3, -0.25) is 4.90 Å². The fraction of sp³-hybridized carbons (Fsp3) is 1.00. The van der Waals surface area contributed by atoms with E-state index in [9.17, 15) is 8.78 Å². The van der Waals surface area contributed by atoms with Gasteiger partial charge in [-0.1, -0.05) is 6.92 Å². The Hall–Kier alpha value is -0.180. The minimum absolute atomic E-state index is 0.0417. The summed E-state index contributed by atoms with van der Waals surface area (Å²) in [5.41, 5.74) is -1.24. The second-order valence-electron chi connectivity index (χ2n) is 3.37. The van der Waals surface area contributed by atoms with Crippen LogP contribution in [0.25, 0.3) is 0 Å². The average Bonchev–Trinajstić information content (AvgIpc) is 1.98. The molecule has 0 aromatic carbocycles. The van der Waals surface area contributed by atoms with Crippen molar-refractivity contribution in [1.29, 1.82) is 0 Å². The summed E-state index contributed by atoms with van der Waals surface area (Å²) < 4.78 is 26.4. The molecule has 1 fully saturated rings. The highest BCUT2D eigenvalue weighted by Gasteiger charge is 2.37. The van der Waals surface area contributed by atoms with Gasteiger partial charge in [0.05, 0.1) is 0 Å². The predicted octanol–water partition coefficient (Wildman–Crippen LogP) is 2.13. The lowest BCUT2D eigenvalue weighted by Crippen LogP contribution is -2.44. The van der Waals surface area contributed by atoms with Gasteiger partial charge in [-0.15, -0.1) is 0 Å². The predicted molar refractivity (Wildman–Crippen MR) is 40.9 cm³/mol. The second-order valence-corrected chi connectivity index (χ2v) is 3.37. The van der Waals surface area contributed by atoms with Crippen molar-refractivity contribution in [2.24, 2.45) is 0 Å². The molecule has 1 aliphatic heterocycles. The normalized spacial score (nSPS) is 40.9. The Kier molecular flexibility index (Phi) is 2.47. The lowest BCUT2D eigenvalue weighted by molar-refractivity contribution is -0.0266. The highest BCUT2D eigenvalue weighted by molar-refractivity contribution is 4.86. The van der Waals surface area contributed by atoms with Crippen LogP contribution in [0.3, 0.4) is 0 Å². The van der Waals surface area contributed by atoms with Crippen molar-refractivity contribution < 1.29 is 8.78 Å². The van der Waals surface area contributed by atoms with E-state index in [1.54, 1.807) is 18.9 Å². The largest absolute Gasteiger partial charge is 0.277 e. The molecule has 0 amide bonds. The Morgan fingerprint density at radius 2 is 2.27 bits per heavy atom. The molecule has 2 atom stereocenters. The van der Waals surface area contributed by atoms with Crippen molar-refractivity contribution in [2.45, 2.75) is 38.2 Å². The van der Waals surface area contributed by atoms with Gasteiger partial charge in [0.15, 0.2) is 6.30 Å². The molecule has 0 bridgehead atoms. The van der Waals surface area contributed by atoms with E-state index in [1.807, 2.05) is 0 Å². The Balaban J connectivity index is 2.51. The molecule has 3 heteroatoms. The van der Waals surface area contributed by atoms with Gasteiger partial charge in [0.2, 0.25) is 0 Å². The van der Waals surface area contributed by atoms with Gasteiger partial charge in [0, 0.05) is 13.0 Å². The number of halogens is 2. The van der Waals surface area contributed by atoms with Crippen molar-refractivity contribution in [3.63, 3.8) is 0 Å². The van der Waals surface area contributed by atoms with Crippen LogP contribution < -0.4 is 0 Å². The lowest BCUT2D eigenvalue weighted by Gasteiger charge is -2.36. The maximum Gasteiger partial charge on any atom is 0.156 e. The number of nitrogens with zero attached hydrogens (tertiary/aromatic N) is 1. The van der Waals surface area contributed by atoms with E-state index in [-0.39, 0.29) is 6.42 Å². The minimum atomic E-state index is -1.24. The van der Waals surface area contributed by atoms with Crippen LogP contribution in [0.5, 0.6) is 0 Å². The Bertz CT molecular complexity index is 140. The Morgan fingerprint density at radius 1 is 1.64 bits per heavy atom. The monoisotopic (exact) mass is 163 g/mol. The smallest absolute Gasteiger partial charge is 0.156 e. The molecule has 0 aliphatic carbocycles. The molecule has 66 valence electrons. The fourth-order valence-electron chi connectivity index (χ4n) is 1.40. The SMILES string of the molecule is CCC1(F)CCN(C)C(F)C1. The highest BCUT2D eigenvalue weighted by atomic mass is 19.2. The summed E-state index contributed by atoms with van der Waals surface area (Å²) in [6.07, 6.45) is -0.143. The third-order valence-corrected chi connectivity index (χ3v) is 2.56. The van der Waals surface area contributed by atoms with Crippen molar-refractivity contribution in [1.82, 2.24) is 4.90 Å². The molecule has 1 aliphatic rings. The zero-order valence-corrected chi connectivity index (χ0v) is 7.11. The van der Waals surface area contributed by atoms with Crippen LogP contribution in [0.2, 0.25) is 0 Å². The maximum absolute atomic E-state index is 13.5. The van der Waals surface area contributed by atoms with Gasteiger partial charge in [-0.25, -0.2) is 8.78 Å². The molecule has 11 heavy (non-hydrogen) atoms. The molecule has 0 radical (unpaired) electrons. The first-order valence-corrected chi connectivity index (χ1v) is 4.10. The summed E-state index contributed by atoms with van der Waals surface area (Å²) >= 11 is 0. The highest BCUT2D eigenvalue weighted by Crippen LogP contribution is 2.32. The standard InChI is InChI=1S/C8H15F2N/c1-3-8(10)4-5-11(2)7(9)6-8/h7H,3-6H2,1-2H3. The number of rotatable bonds is 1. The van der Waals surface area contributed by atoms with Crippen LogP contribution >= 0.6 is 0 Å². The van der Waals surface area contributed by atoms with E-state index in [0.29, 0.717) is 19.4 Å². The van der Waals surface area contributed by atoms with Gasteiger partial charge >= 0.3 is 0 Å².